The molecule has 0 spiro atoms. The molecule has 1 aliphatic heterocycles. The molecule has 1 fully saturated rings. The molecule has 0 aromatic carbocycles. The van der Waals surface area contributed by atoms with Gasteiger partial charge < -0.3 is 26.6 Å². The Morgan fingerprint density at radius 3 is 1.68 bits per heavy atom. The summed E-state index contributed by atoms with van der Waals surface area (Å²) >= 11 is 0. The molecule has 6 N–H and O–H groups in total. The van der Waals surface area contributed by atoms with E-state index in [0.29, 0.717) is 26.1 Å². The lowest BCUT2D eigenvalue weighted by Crippen LogP contribution is -2.36. The highest BCUT2D eigenvalue weighted by atomic mass is 16.5. The van der Waals surface area contributed by atoms with Gasteiger partial charge in [0, 0.05) is 6.61 Å². The number of nitrogens with one attached hydrogen (secondary N) is 1. The molecule has 2 atom stereocenters. The molecule has 2 unspecified atom stereocenters. The quantitative estimate of drug-likeness (QED) is 0.188. The van der Waals surface area contributed by atoms with Crippen LogP contribution >= 0.6 is 0 Å². The Balaban J connectivity index is 0. The first kappa shape index (κ1) is 35.0. The normalized spacial score (nSPS) is 15.9. The fourth-order valence-electron chi connectivity index (χ4n) is 3.76. The van der Waals surface area contributed by atoms with Crippen LogP contribution in [-0.2, 0) is 14.3 Å². The van der Waals surface area contributed by atoms with Crippen LogP contribution in [0.1, 0.15) is 130 Å². The second kappa shape index (κ2) is 28.1. The molecule has 0 aliphatic carbocycles. The van der Waals surface area contributed by atoms with E-state index in [2.05, 4.69) is 19.2 Å². The zero-order chi connectivity index (χ0) is 25.9. The van der Waals surface area contributed by atoms with E-state index in [1.165, 1.54) is 77.0 Å². The molecule has 1 aliphatic rings. The summed E-state index contributed by atoms with van der Waals surface area (Å²) in [4.78, 5) is 20.9. The van der Waals surface area contributed by atoms with E-state index in [1.807, 2.05) is 6.92 Å². The van der Waals surface area contributed by atoms with Crippen molar-refractivity contribution in [2.24, 2.45) is 11.5 Å². The maximum atomic E-state index is 10.5. The average Bonchev–Trinajstić information content (AvgIpc) is 2.84. The van der Waals surface area contributed by atoms with Crippen LogP contribution in [0.15, 0.2) is 0 Å². The van der Waals surface area contributed by atoms with Crippen molar-refractivity contribution >= 4 is 11.9 Å². The molecule has 7 nitrogen and oxygen atoms in total. The number of unbranched alkanes of at least 4 members (excludes halogenated alkanes) is 11. The highest BCUT2D eigenvalue weighted by molar-refractivity contribution is 5.78. The number of nitrogens with two attached hydrogens (primary N) is 2. The largest absolute Gasteiger partial charge is 0.480 e. The first-order chi connectivity index (χ1) is 16.4. The Hall–Kier alpha value is -1.18. The predicted molar refractivity (Wildman–Crippen MR) is 143 cm³/mol. The van der Waals surface area contributed by atoms with Crippen LogP contribution in [0.5, 0.6) is 0 Å². The SMILES string of the molecule is CCCCCCCCCCCCCC.CCNC(CCCN)C(=O)O.NC(=O)C1CCCCO1. The van der Waals surface area contributed by atoms with E-state index in [0.717, 1.165) is 25.7 Å². The van der Waals surface area contributed by atoms with Crippen LogP contribution < -0.4 is 16.8 Å². The third-order valence-electron chi connectivity index (χ3n) is 5.90. The van der Waals surface area contributed by atoms with Gasteiger partial charge in [0.25, 0.3) is 0 Å². The van der Waals surface area contributed by atoms with Crippen molar-refractivity contribution < 1.29 is 19.4 Å². The number of carbonyl (C=O) groups is 2. The number of carboxylic acid groups (broad SMARTS) is 1. The number of likely N-dealkylation sites (N-methyl/N-ethyl adjacent to an activating group) is 1. The fourth-order valence-corrected chi connectivity index (χ4v) is 3.76. The first-order valence-electron chi connectivity index (χ1n) is 14.0. The van der Waals surface area contributed by atoms with Crippen molar-refractivity contribution in [1.82, 2.24) is 5.32 Å². The van der Waals surface area contributed by atoms with Crippen molar-refractivity contribution in [3.05, 3.63) is 0 Å². The third kappa shape index (κ3) is 25.4. The summed E-state index contributed by atoms with van der Waals surface area (Å²) in [5.74, 6) is -1.12. The number of carbonyl (C=O) groups excluding carboxylic acids is 1. The van der Waals surface area contributed by atoms with Gasteiger partial charge in [-0.05, 0) is 45.2 Å². The molecule has 0 saturated carbocycles. The minimum Gasteiger partial charge on any atom is -0.480 e. The second-order valence-electron chi connectivity index (χ2n) is 9.17. The summed E-state index contributed by atoms with van der Waals surface area (Å²) in [6, 6.07) is -0.427. The summed E-state index contributed by atoms with van der Waals surface area (Å²) in [5, 5.41) is 11.5. The number of rotatable bonds is 18. The molecule has 1 saturated heterocycles. The van der Waals surface area contributed by atoms with Gasteiger partial charge in [0.05, 0.1) is 0 Å². The molecule has 1 heterocycles. The van der Waals surface area contributed by atoms with Gasteiger partial charge >= 0.3 is 5.97 Å². The van der Waals surface area contributed by atoms with Crippen LogP contribution in [0, 0.1) is 0 Å². The van der Waals surface area contributed by atoms with Gasteiger partial charge in [-0.25, -0.2) is 0 Å². The topological polar surface area (TPSA) is 128 Å². The Morgan fingerprint density at radius 2 is 1.38 bits per heavy atom. The van der Waals surface area contributed by atoms with Crippen molar-refractivity contribution in [2.45, 2.75) is 142 Å². The van der Waals surface area contributed by atoms with Crippen LogP contribution in [0.25, 0.3) is 0 Å². The molecule has 0 radical (unpaired) electrons. The summed E-state index contributed by atoms with van der Waals surface area (Å²) in [6.45, 7) is 8.38. The standard InChI is InChI=1S/C14H30.C7H16N2O2.C6H11NO2/c1-3-5-7-9-11-13-14-12-10-8-6-4-2;1-2-9-6(7(10)11)4-3-5-8;7-6(8)5-3-1-2-4-9-5/h3-14H2,1-2H3;6,9H,2-5,8H2,1H3,(H,10,11);5H,1-4H2,(H2,7,8). The second-order valence-corrected chi connectivity index (χ2v) is 9.17. The summed E-state index contributed by atoms with van der Waals surface area (Å²) < 4.78 is 5.06. The lowest BCUT2D eigenvalue weighted by Gasteiger charge is -2.18. The van der Waals surface area contributed by atoms with Gasteiger partial charge in [-0.15, -0.1) is 0 Å². The van der Waals surface area contributed by atoms with E-state index >= 15 is 0 Å². The highest BCUT2D eigenvalue weighted by Crippen LogP contribution is 2.12. The zero-order valence-corrected chi connectivity index (χ0v) is 22.6. The summed E-state index contributed by atoms with van der Waals surface area (Å²) in [5.41, 5.74) is 10.3. The van der Waals surface area contributed by atoms with Crippen molar-refractivity contribution in [1.29, 1.82) is 0 Å². The van der Waals surface area contributed by atoms with E-state index in [4.69, 9.17) is 21.3 Å². The van der Waals surface area contributed by atoms with Gasteiger partial charge in [-0.1, -0.05) is 97.8 Å². The molecular weight excluding hydrogens is 430 g/mol. The van der Waals surface area contributed by atoms with Crippen molar-refractivity contribution in [2.75, 3.05) is 19.7 Å². The third-order valence-corrected chi connectivity index (χ3v) is 5.90. The number of amides is 1. The number of carboxylic acids is 1. The number of hydrogen-bond acceptors (Lipinski definition) is 5. The predicted octanol–water partition coefficient (Wildman–Crippen LogP) is 5.54. The average molecular weight is 488 g/mol. The van der Waals surface area contributed by atoms with Crippen LogP contribution in [-0.4, -0.2) is 48.8 Å². The lowest BCUT2D eigenvalue weighted by atomic mass is 10.1. The minimum absolute atomic E-state index is 0.307. The lowest BCUT2D eigenvalue weighted by molar-refractivity contribution is -0.139. The molecule has 7 heteroatoms. The maximum absolute atomic E-state index is 10.5. The number of hydrogen-bond donors (Lipinski definition) is 4. The first-order valence-corrected chi connectivity index (χ1v) is 14.0. The van der Waals surface area contributed by atoms with E-state index < -0.39 is 12.0 Å². The molecule has 34 heavy (non-hydrogen) atoms. The molecule has 1 amide bonds. The Labute approximate surface area is 210 Å². The summed E-state index contributed by atoms with van der Waals surface area (Å²) in [6.07, 6.45) is 21.4. The van der Waals surface area contributed by atoms with Crippen molar-refractivity contribution in [3.8, 4) is 0 Å². The van der Waals surface area contributed by atoms with Crippen LogP contribution in [0.2, 0.25) is 0 Å². The van der Waals surface area contributed by atoms with Gasteiger partial charge in [0.2, 0.25) is 5.91 Å². The fraction of sp³-hybridized carbons (Fsp3) is 0.926. The van der Waals surface area contributed by atoms with Gasteiger partial charge in [-0.3, -0.25) is 9.59 Å². The van der Waals surface area contributed by atoms with E-state index in [1.54, 1.807) is 0 Å². The Kier molecular flexibility index (Phi) is 28.9. The molecule has 0 aromatic rings. The van der Waals surface area contributed by atoms with Crippen LogP contribution in [0.4, 0.5) is 0 Å². The molecule has 1 rings (SSSR count). The van der Waals surface area contributed by atoms with Gasteiger partial charge in [-0.2, -0.15) is 0 Å². The van der Waals surface area contributed by atoms with Crippen LogP contribution in [0.3, 0.4) is 0 Å². The maximum Gasteiger partial charge on any atom is 0.320 e. The van der Waals surface area contributed by atoms with Crippen molar-refractivity contribution in [3.63, 3.8) is 0 Å². The molecular formula is C27H57N3O4. The number of primary amides is 1. The van der Waals surface area contributed by atoms with E-state index in [-0.39, 0.29) is 12.0 Å². The monoisotopic (exact) mass is 487 g/mol. The molecule has 0 bridgehead atoms. The minimum atomic E-state index is -0.791. The Bertz CT molecular complexity index is 432. The number of aliphatic carboxylic acids is 1. The molecule has 0 aromatic heterocycles. The Morgan fingerprint density at radius 1 is 0.882 bits per heavy atom. The van der Waals surface area contributed by atoms with Gasteiger partial charge in [0.1, 0.15) is 12.1 Å². The highest BCUT2D eigenvalue weighted by Gasteiger charge is 2.18. The zero-order valence-electron chi connectivity index (χ0n) is 22.6. The molecule has 204 valence electrons. The van der Waals surface area contributed by atoms with E-state index in [9.17, 15) is 9.59 Å². The smallest absolute Gasteiger partial charge is 0.320 e. The number of ether oxygens (including phenoxy) is 1. The van der Waals surface area contributed by atoms with Gasteiger partial charge in [0.15, 0.2) is 0 Å². The summed E-state index contributed by atoms with van der Waals surface area (Å²) in [7, 11) is 0.